The molecule has 126 valence electrons. The fourth-order valence-electron chi connectivity index (χ4n) is 3.18. The highest BCUT2D eigenvalue weighted by atomic mass is 19.1. The van der Waals surface area contributed by atoms with Gasteiger partial charge in [-0.3, -0.25) is 0 Å². The lowest BCUT2D eigenvalue weighted by Crippen LogP contribution is -2.16. The van der Waals surface area contributed by atoms with Crippen molar-refractivity contribution in [3.63, 3.8) is 0 Å². The van der Waals surface area contributed by atoms with Crippen LogP contribution in [0.1, 0.15) is 17.0 Å². The highest BCUT2D eigenvalue weighted by molar-refractivity contribution is 5.68. The summed E-state index contributed by atoms with van der Waals surface area (Å²) in [7, 11) is 0. The molecule has 4 rings (SSSR count). The molecule has 25 heavy (non-hydrogen) atoms. The van der Waals surface area contributed by atoms with E-state index in [1.54, 1.807) is 12.1 Å². The molecule has 0 bridgehead atoms. The minimum Gasteiger partial charge on any atom is -0.366 e. The highest BCUT2D eigenvalue weighted by Gasteiger charge is 2.21. The summed E-state index contributed by atoms with van der Waals surface area (Å²) in [6.45, 7) is 3.17. The summed E-state index contributed by atoms with van der Waals surface area (Å²) in [4.78, 5) is 11.2. The van der Waals surface area contributed by atoms with Crippen LogP contribution in [0.15, 0.2) is 54.6 Å². The van der Waals surface area contributed by atoms with Gasteiger partial charge < -0.3 is 10.2 Å². The first kappa shape index (κ1) is 15.6. The first-order chi connectivity index (χ1) is 12.2. The Morgan fingerprint density at radius 1 is 1.08 bits per heavy atom. The molecule has 4 nitrogen and oxygen atoms in total. The second kappa shape index (κ2) is 6.51. The van der Waals surface area contributed by atoms with Crippen LogP contribution in [-0.2, 0) is 13.0 Å². The SMILES string of the molecule is Cc1nc(NCc2ccccc2F)cc(N2CCc3ccccc32)n1. The highest BCUT2D eigenvalue weighted by Crippen LogP contribution is 2.33. The summed E-state index contributed by atoms with van der Waals surface area (Å²) >= 11 is 0. The fraction of sp³-hybridized carbons (Fsp3) is 0.200. The molecule has 0 saturated heterocycles. The van der Waals surface area contributed by atoms with Crippen LogP contribution in [0.4, 0.5) is 21.7 Å². The number of halogens is 1. The van der Waals surface area contributed by atoms with Gasteiger partial charge in [0.15, 0.2) is 0 Å². The van der Waals surface area contributed by atoms with Gasteiger partial charge in [0.25, 0.3) is 0 Å². The van der Waals surface area contributed by atoms with E-state index in [2.05, 4.69) is 38.4 Å². The Labute approximate surface area is 146 Å². The molecule has 1 aliphatic heterocycles. The number of anilines is 3. The van der Waals surface area contributed by atoms with Gasteiger partial charge in [-0.05, 0) is 31.0 Å². The molecule has 5 heteroatoms. The number of aromatic nitrogens is 2. The lowest BCUT2D eigenvalue weighted by molar-refractivity contribution is 0.613. The molecule has 1 N–H and O–H groups in total. The van der Waals surface area contributed by atoms with Crippen molar-refractivity contribution in [3.05, 3.63) is 77.4 Å². The van der Waals surface area contributed by atoms with Gasteiger partial charge in [0.2, 0.25) is 0 Å². The monoisotopic (exact) mass is 334 g/mol. The van der Waals surface area contributed by atoms with Crippen molar-refractivity contribution in [3.8, 4) is 0 Å². The molecule has 0 aliphatic carbocycles. The molecule has 0 fully saturated rings. The number of para-hydroxylation sites is 1. The van der Waals surface area contributed by atoms with Gasteiger partial charge in [-0.2, -0.15) is 0 Å². The third-order valence-electron chi connectivity index (χ3n) is 4.41. The number of aryl methyl sites for hydroxylation is 1. The van der Waals surface area contributed by atoms with E-state index < -0.39 is 0 Å². The zero-order valence-corrected chi connectivity index (χ0v) is 14.0. The van der Waals surface area contributed by atoms with Gasteiger partial charge in [0.1, 0.15) is 23.3 Å². The summed E-state index contributed by atoms with van der Waals surface area (Å²) < 4.78 is 13.8. The van der Waals surface area contributed by atoms with Crippen molar-refractivity contribution in [2.75, 3.05) is 16.8 Å². The summed E-state index contributed by atoms with van der Waals surface area (Å²) in [6.07, 6.45) is 1.01. The zero-order chi connectivity index (χ0) is 17.2. The van der Waals surface area contributed by atoms with E-state index in [1.165, 1.54) is 17.3 Å². The van der Waals surface area contributed by atoms with Gasteiger partial charge in [-0.25, -0.2) is 14.4 Å². The second-order valence-electron chi connectivity index (χ2n) is 6.13. The molecule has 1 aromatic heterocycles. The Balaban J connectivity index is 1.58. The van der Waals surface area contributed by atoms with Crippen LogP contribution >= 0.6 is 0 Å². The summed E-state index contributed by atoms with van der Waals surface area (Å²) in [5.41, 5.74) is 3.15. The van der Waals surface area contributed by atoms with E-state index in [4.69, 9.17) is 0 Å². The van der Waals surface area contributed by atoms with Crippen LogP contribution in [0.2, 0.25) is 0 Å². The molecular weight excluding hydrogens is 315 g/mol. The fourth-order valence-corrected chi connectivity index (χ4v) is 3.18. The van der Waals surface area contributed by atoms with Crippen LogP contribution in [-0.4, -0.2) is 16.5 Å². The predicted molar refractivity (Wildman–Crippen MR) is 97.6 cm³/mol. The smallest absolute Gasteiger partial charge is 0.138 e. The molecule has 0 spiro atoms. The molecule has 0 unspecified atom stereocenters. The molecule has 0 amide bonds. The summed E-state index contributed by atoms with van der Waals surface area (Å²) in [5.74, 6) is 2.05. The first-order valence-corrected chi connectivity index (χ1v) is 8.39. The van der Waals surface area contributed by atoms with Gasteiger partial charge in [0.05, 0.1) is 0 Å². The van der Waals surface area contributed by atoms with E-state index in [9.17, 15) is 4.39 Å². The van der Waals surface area contributed by atoms with Gasteiger partial charge in [0, 0.05) is 30.4 Å². The van der Waals surface area contributed by atoms with Crippen LogP contribution < -0.4 is 10.2 Å². The minimum absolute atomic E-state index is 0.213. The Morgan fingerprint density at radius 2 is 1.88 bits per heavy atom. The van der Waals surface area contributed by atoms with Crippen molar-refractivity contribution in [1.29, 1.82) is 0 Å². The second-order valence-corrected chi connectivity index (χ2v) is 6.13. The minimum atomic E-state index is -0.213. The number of nitrogens with zero attached hydrogens (tertiary/aromatic N) is 3. The van der Waals surface area contributed by atoms with Gasteiger partial charge in [-0.1, -0.05) is 36.4 Å². The molecule has 0 saturated carbocycles. The number of benzene rings is 2. The third kappa shape index (κ3) is 3.18. The van der Waals surface area contributed by atoms with Crippen molar-refractivity contribution in [2.45, 2.75) is 19.9 Å². The molecule has 0 radical (unpaired) electrons. The Bertz CT molecular complexity index is 910. The normalized spacial score (nSPS) is 13.0. The molecule has 0 atom stereocenters. The average Bonchev–Trinajstić information content (AvgIpc) is 3.05. The molecular formula is C20H19FN4. The van der Waals surface area contributed by atoms with E-state index >= 15 is 0 Å². The molecule has 2 aromatic carbocycles. The number of rotatable bonds is 4. The number of fused-ring (bicyclic) bond motifs is 1. The van der Waals surface area contributed by atoms with Crippen molar-refractivity contribution >= 4 is 17.3 Å². The maximum Gasteiger partial charge on any atom is 0.138 e. The van der Waals surface area contributed by atoms with Crippen LogP contribution in [0.25, 0.3) is 0 Å². The quantitative estimate of drug-likeness (QED) is 0.775. The van der Waals surface area contributed by atoms with E-state index in [0.29, 0.717) is 23.8 Å². The zero-order valence-electron chi connectivity index (χ0n) is 14.0. The number of nitrogens with one attached hydrogen (secondary N) is 1. The van der Waals surface area contributed by atoms with Gasteiger partial charge in [-0.15, -0.1) is 0 Å². The standard InChI is InChI=1S/C20H19FN4/c1-14-23-19(22-13-16-7-2-4-8-17(16)21)12-20(24-14)25-11-10-15-6-3-5-9-18(15)25/h2-9,12H,10-11,13H2,1H3,(H,22,23,24). The number of hydrogen-bond donors (Lipinski definition) is 1. The average molecular weight is 334 g/mol. The van der Waals surface area contributed by atoms with E-state index in [0.717, 1.165) is 18.8 Å². The third-order valence-corrected chi connectivity index (χ3v) is 4.41. The molecule has 2 heterocycles. The van der Waals surface area contributed by atoms with Crippen molar-refractivity contribution in [1.82, 2.24) is 9.97 Å². The Kier molecular flexibility index (Phi) is 4.06. The van der Waals surface area contributed by atoms with E-state index in [-0.39, 0.29) is 5.82 Å². The predicted octanol–water partition coefficient (Wildman–Crippen LogP) is 4.23. The molecule has 1 aliphatic rings. The first-order valence-electron chi connectivity index (χ1n) is 8.39. The van der Waals surface area contributed by atoms with Crippen LogP contribution in [0.3, 0.4) is 0 Å². The lowest BCUT2D eigenvalue weighted by Gasteiger charge is -2.19. The van der Waals surface area contributed by atoms with E-state index in [1.807, 2.05) is 25.1 Å². The van der Waals surface area contributed by atoms with Crippen molar-refractivity contribution < 1.29 is 4.39 Å². The summed E-state index contributed by atoms with van der Waals surface area (Å²) in [6, 6.07) is 17.1. The maximum atomic E-state index is 13.8. The molecule has 3 aromatic rings. The van der Waals surface area contributed by atoms with Gasteiger partial charge >= 0.3 is 0 Å². The summed E-state index contributed by atoms with van der Waals surface area (Å²) in [5, 5.41) is 3.21. The topological polar surface area (TPSA) is 41.1 Å². The lowest BCUT2D eigenvalue weighted by atomic mass is 10.2. The Morgan fingerprint density at radius 3 is 2.76 bits per heavy atom. The largest absolute Gasteiger partial charge is 0.366 e. The maximum absolute atomic E-state index is 13.8. The van der Waals surface area contributed by atoms with Crippen molar-refractivity contribution in [2.24, 2.45) is 0 Å². The van der Waals surface area contributed by atoms with Crippen LogP contribution in [0.5, 0.6) is 0 Å². The number of hydrogen-bond acceptors (Lipinski definition) is 4. The Hall–Kier alpha value is -2.95. The van der Waals surface area contributed by atoms with Crippen LogP contribution in [0, 0.1) is 12.7 Å².